The summed E-state index contributed by atoms with van der Waals surface area (Å²) in [5.74, 6) is -0.961. The number of primary amides is 1. The Morgan fingerprint density at radius 2 is 2.00 bits per heavy atom. The molecule has 0 spiro atoms. The number of rotatable bonds is 2. The van der Waals surface area contributed by atoms with Gasteiger partial charge < -0.3 is 10.8 Å². The molecule has 0 aliphatic rings. The van der Waals surface area contributed by atoms with Gasteiger partial charge in [-0.2, -0.15) is 4.90 Å². The number of nitro groups is 1. The summed E-state index contributed by atoms with van der Waals surface area (Å²) in [6.07, 6.45) is -5.21. The van der Waals surface area contributed by atoms with Crippen LogP contribution in [0.25, 0.3) is 0 Å². The van der Waals surface area contributed by atoms with E-state index in [-0.39, 0.29) is 0 Å². The van der Waals surface area contributed by atoms with Gasteiger partial charge in [-0.15, -0.1) is 13.2 Å². The van der Waals surface area contributed by atoms with E-state index in [9.17, 15) is 33.2 Å². The van der Waals surface area contributed by atoms with E-state index in [1.54, 1.807) is 0 Å². The van der Waals surface area contributed by atoms with Crippen LogP contribution < -0.4 is 10.6 Å². The number of carbonyl (C=O) groups excluding carboxylic acids is 1. The number of carbonyl (C=O) groups is 1. The number of nitrogens with zero attached hydrogens (tertiary/aromatic N) is 2. The lowest BCUT2D eigenvalue weighted by Gasteiger charge is -2.23. The van der Waals surface area contributed by atoms with Crippen molar-refractivity contribution in [2.75, 3.05) is 4.90 Å². The van der Waals surface area contributed by atoms with Gasteiger partial charge in [0.1, 0.15) is 11.4 Å². The molecule has 1 aromatic carbocycles. The molecule has 1 aromatic rings. The summed E-state index contributed by atoms with van der Waals surface area (Å²) in [5, 5.41) is 19.6. The van der Waals surface area contributed by atoms with E-state index in [4.69, 9.17) is 0 Å². The largest absolute Gasteiger partial charge is 0.506 e. The molecule has 1 rings (SSSR count). The van der Waals surface area contributed by atoms with Gasteiger partial charge in [0.25, 0.3) is 5.69 Å². The maximum Gasteiger partial charge on any atom is 0.493 e. The Bertz CT molecular complexity index is 503. The van der Waals surface area contributed by atoms with E-state index in [0.717, 1.165) is 6.07 Å². The summed E-state index contributed by atoms with van der Waals surface area (Å²) in [4.78, 5) is 19.3. The number of nitrogens with two attached hydrogens (primary N) is 1. The predicted molar refractivity (Wildman–Crippen MR) is 52.9 cm³/mol. The summed E-state index contributed by atoms with van der Waals surface area (Å²) in [7, 11) is 0. The normalized spacial score (nSPS) is 11.1. The molecule has 10 heteroatoms. The highest BCUT2D eigenvalue weighted by Crippen LogP contribution is 2.37. The maximum atomic E-state index is 12.5. The van der Waals surface area contributed by atoms with Gasteiger partial charge in [0.2, 0.25) is 0 Å². The van der Waals surface area contributed by atoms with Crippen molar-refractivity contribution in [3.63, 3.8) is 0 Å². The first-order valence-electron chi connectivity index (χ1n) is 4.28. The lowest BCUT2D eigenvalue weighted by atomic mass is 10.2. The number of phenols is 1. The van der Waals surface area contributed by atoms with E-state index in [0.29, 0.717) is 12.1 Å². The van der Waals surface area contributed by atoms with E-state index >= 15 is 0 Å². The lowest BCUT2D eigenvalue weighted by molar-refractivity contribution is -0.384. The minimum atomic E-state index is -5.21. The third-order valence-electron chi connectivity index (χ3n) is 1.88. The molecule has 98 valence electrons. The fraction of sp³-hybridized carbons (Fsp3) is 0.125. The van der Waals surface area contributed by atoms with Gasteiger partial charge in [-0.3, -0.25) is 10.1 Å². The number of anilines is 1. The SMILES string of the molecule is NC(=O)N(c1cc([N+](=O)[O-])ccc1O)C(F)(F)F. The molecule has 0 atom stereocenters. The average molecular weight is 265 g/mol. The second kappa shape index (κ2) is 4.39. The van der Waals surface area contributed by atoms with Crippen LogP contribution in [0.4, 0.5) is 29.3 Å². The van der Waals surface area contributed by atoms with Crippen LogP contribution in [-0.2, 0) is 0 Å². The van der Waals surface area contributed by atoms with Gasteiger partial charge in [-0.1, -0.05) is 0 Å². The summed E-state index contributed by atoms with van der Waals surface area (Å²) in [6.45, 7) is 0. The number of hydrogen-bond acceptors (Lipinski definition) is 4. The van der Waals surface area contributed by atoms with Crippen LogP contribution in [0, 0.1) is 10.1 Å². The van der Waals surface area contributed by atoms with Gasteiger partial charge in [0.05, 0.1) is 4.92 Å². The van der Waals surface area contributed by atoms with Crippen molar-refractivity contribution in [3.05, 3.63) is 28.3 Å². The fourth-order valence-electron chi connectivity index (χ4n) is 1.18. The molecule has 0 saturated heterocycles. The van der Waals surface area contributed by atoms with E-state index in [1.807, 2.05) is 0 Å². The summed E-state index contributed by atoms with van der Waals surface area (Å²) in [6, 6.07) is -0.0739. The van der Waals surface area contributed by atoms with E-state index in [2.05, 4.69) is 5.73 Å². The van der Waals surface area contributed by atoms with Crippen molar-refractivity contribution in [2.24, 2.45) is 5.73 Å². The smallest absolute Gasteiger partial charge is 0.493 e. The Hall–Kier alpha value is -2.52. The zero-order valence-electron chi connectivity index (χ0n) is 8.51. The Morgan fingerprint density at radius 1 is 1.44 bits per heavy atom. The Labute approximate surface area is 97.4 Å². The van der Waals surface area contributed by atoms with Crippen molar-refractivity contribution >= 4 is 17.4 Å². The van der Waals surface area contributed by atoms with Crippen LogP contribution in [-0.4, -0.2) is 22.4 Å². The standard InChI is InChI=1S/C8H6F3N3O4/c9-8(10,11)13(7(12)16)5-3-4(14(17)18)1-2-6(5)15/h1-3,15H,(H2,12,16). The molecule has 0 radical (unpaired) electrons. The molecule has 0 aliphatic heterocycles. The number of amides is 2. The van der Waals surface area contributed by atoms with Gasteiger partial charge in [0, 0.05) is 12.1 Å². The summed E-state index contributed by atoms with van der Waals surface area (Å²) < 4.78 is 37.5. The predicted octanol–water partition coefficient (Wildman–Crippen LogP) is 1.71. The number of aromatic hydroxyl groups is 1. The van der Waals surface area contributed by atoms with Crippen molar-refractivity contribution in [1.29, 1.82) is 0 Å². The first-order valence-corrected chi connectivity index (χ1v) is 4.28. The second-order valence-electron chi connectivity index (χ2n) is 3.07. The molecule has 0 aliphatic carbocycles. The molecular weight excluding hydrogens is 259 g/mol. The minimum Gasteiger partial charge on any atom is -0.506 e. The van der Waals surface area contributed by atoms with E-state index in [1.165, 1.54) is 0 Å². The third kappa shape index (κ3) is 2.59. The highest BCUT2D eigenvalue weighted by atomic mass is 19.4. The zero-order chi connectivity index (χ0) is 14.1. The Balaban J connectivity index is 3.41. The highest BCUT2D eigenvalue weighted by Gasteiger charge is 2.43. The summed E-state index contributed by atoms with van der Waals surface area (Å²) in [5.41, 5.74) is 2.70. The minimum absolute atomic E-state index is 0.396. The first kappa shape index (κ1) is 13.5. The first-order chi connectivity index (χ1) is 8.14. The number of urea groups is 1. The van der Waals surface area contributed by atoms with Crippen molar-refractivity contribution in [3.8, 4) is 5.75 Å². The van der Waals surface area contributed by atoms with Crippen LogP contribution in [0.15, 0.2) is 18.2 Å². The number of halogens is 3. The molecule has 0 unspecified atom stereocenters. The molecule has 7 nitrogen and oxygen atoms in total. The maximum absolute atomic E-state index is 12.5. The van der Waals surface area contributed by atoms with Gasteiger partial charge in [0.15, 0.2) is 0 Å². The number of benzene rings is 1. The Kier molecular flexibility index (Phi) is 3.30. The molecule has 0 heterocycles. The van der Waals surface area contributed by atoms with Crippen molar-refractivity contribution < 1.29 is 28.0 Å². The lowest BCUT2D eigenvalue weighted by Crippen LogP contribution is -2.46. The van der Waals surface area contributed by atoms with Gasteiger partial charge in [-0.25, -0.2) is 4.79 Å². The van der Waals surface area contributed by atoms with Crippen LogP contribution in [0.2, 0.25) is 0 Å². The molecule has 3 N–H and O–H groups in total. The molecular formula is C8H6F3N3O4. The highest BCUT2D eigenvalue weighted by molar-refractivity contribution is 5.93. The molecule has 0 bridgehead atoms. The molecule has 0 saturated carbocycles. The van der Waals surface area contributed by atoms with E-state index < -0.39 is 39.3 Å². The van der Waals surface area contributed by atoms with Crippen molar-refractivity contribution in [1.82, 2.24) is 0 Å². The van der Waals surface area contributed by atoms with Crippen LogP contribution >= 0.6 is 0 Å². The van der Waals surface area contributed by atoms with Crippen LogP contribution in [0.1, 0.15) is 0 Å². The monoisotopic (exact) mass is 265 g/mol. The van der Waals surface area contributed by atoms with Gasteiger partial charge >= 0.3 is 12.3 Å². The average Bonchev–Trinajstić information content (AvgIpc) is 2.18. The van der Waals surface area contributed by atoms with Crippen molar-refractivity contribution in [2.45, 2.75) is 6.30 Å². The fourth-order valence-corrected chi connectivity index (χ4v) is 1.18. The third-order valence-corrected chi connectivity index (χ3v) is 1.88. The molecule has 2 amide bonds. The number of non-ortho nitro benzene ring substituents is 1. The number of hydrogen-bond donors (Lipinski definition) is 2. The van der Waals surface area contributed by atoms with Gasteiger partial charge in [-0.05, 0) is 6.07 Å². The molecule has 18 heavy (non-hydrogen) atoms. The second-order valence-corrected chi connectivity index (χ2v) is 3.07. The number of phenolic OH excluding ortho intramolecular Hbond substituents is 1. The number of alkyl halides is 3. The van der Waals surface area contributed by atoms with Crippen LogP contribution in [0.5, 0.6) is 5.75 Å². The summed E-state index contributed by atoms with van der Waals surface area (Å²) >= 11 is 0. The topological polar surface area (TPSA) is 110 Å². The Morgan fingerprint density at radius 3 is 2.39 bits per heavy atom. The van der Waals surface area contributed by atoms with Crippen LogP contribution in [0.3, 0.4) is 0 Å². The molecule has 0 aromatic heterocycles. The number of nitro benzene ring substituents is 1. The quantitative estimate of drug-likeness (QED) is 0.481. The zero-order valence-corrected chi connectivity index (χ0v) is 8.51. The molecule has 0 fully saturated rings.